The summed E-state index contributed by atoms with van der Waals surface area (Å²) in [6, 6.07) is 18.8. The highest BCUT2D eigenvalue weighted by molar-refractivity contribution is 5.92. The number of hydrogen-bond acceptors (Lipinski definition) is 4. The zero-order valence-electron chi connectivity index (χ0n) is 21.1. The molecule has 0 aliphatic rings. The lowest BCUT2D eigenvalue weighted by Crippen LogP contribution is -2.34. The van der Waals surface area contributed by atoms with Crippen LogP contribution in [-0.2, 0) is 18.4 Å². The largest absolute Gasteiger partial charge is 0.494 e. The number of nitrogens with zero attached hydrogens (tertiary/aromatic N) is 5. The second kappa shape index (κ2) is 9.22. The first-order chi connectivity index (χ1) is 17.3. The summed E-state index contributed by atoms with van der Waals surface area (Å²) in [7, 11) is 9.56. The fraction of sp³-hybridized carbons (Fsp3) is 0.214. The molecule has 0 unspecified atom stereocenters. The molecule has 0 N–H and O–H groups in total. The maximum Gasteiger partial charge on any atom is 0.165 e. The molecule has 2 aromatic heterocycles. The van der Waals surface area contributed by atoms with Gasteiger partial charge in [0, 0.05) is 44.1 Å². The van der Waals surface area contributed by atoms with Crippen molar-refractivity contribution in [3.05, 3.63) is 84.7 Å². The van der Waals surface area contributed by atoms with Gasteiger partial charge in [-0.05, 0) is 36.4 Å². The maximum absolute atomic E-state index is 13.5. The first-order valence-electron chi connectivity index (χ1n) is 11.6. The Morgan fingerprint density at radius 2 is 1.78 bits per heavy atom. The van der Waals surface area contributed by atoms with E-state index in [-0.39, 0.29) is 5.82 Å². The number of para-hydroxylation sites is 1. The monoisotopic (exact) mass is 486 g/mol. The zero-order chi connectivity index (χ0) is 25.4. The van der Waals surface area contributed by atoms with Crippen molar-refractivity contribution in [2.24, 2.45) is 7.05 Å². The van der Waals surface area contributed by atoms with Crippen LogP contribution in [0.2, 0.25) is 0 Å². The Labute approximate surface area is 209 Å². The van der Waals surface area contributed by atoms with Crippen molar-refractivity contribution in [2.45, 2.75) is 6.61 Å². The van der Waals surface area contributed by atoms with Crippen LogP contribution in [0.15, 0.2) is 73.2 Å². The third-order valence-corrected chi connectivity index (χ3v) is 6.61. The van der Waals surface area contributed by atoms with E-state index in [2.05, 4.69) is 37.3 Å². The molecule has 0 saturated heterocycles. The maximum atomic E-state index is 13.5. The number of hydrogen-bond donors (Lipinski definition) is 0. The number of halogens is 1. The summed E-state index contributed by atoms with van der Waals surface area (Å²) in [5.41, 5.74) is 6.58. The predicted octanol–water partition coefficient (Wildman–Crippen LogP) is 5.62. The lowest BCUT2D eigenvalue weighted by Gasteiger charge is -2.29. The van der Waals surface area contributed by atoms with E-state index in [0.29, 0.717) is 11.1 Å². The quantitative estimate of drug-likeness (QED) is 0.280. The van der Waals surface area contributed by atoms with E-state index in [1.54, 1.807) is 32.7 Å². The van der Waals surface area contributed by atoms with Crippen LogP contribution >= 0.6 is 0 Å². The molecule has 0 fully saturated rings. The Hall–Kier alpha value is -4.01. The molecule has 36 heavy (non-hydrogen) atoms. The van der Waals surface area contributed by atoms with Gasteiger partial charge in [0.15, 0.2) is 11.2 Å². The van der Waals surface area contributed by atoms with Crippen molar-refractivity contribution in [3.8, 4) is 22.8 Å². The average Bonchev–Trinajstić information content (AvgIpc) is 3.49. The van der Waals surface area contributed by atoms with Crippen LogP contribution in [0.5, 0.6) is 5.75 Å². The summed E-state index contributed by atoms with van der Waals surface area (Å²) in [4.78, 5) is 9.40. The molecule has 0 atom stereocenters. The van der Waals surface area contributed by atoms with Gasteiger partial charge in [0.05, 0.1) is 51.0 Å². The van der Waals surface area contributed by atoms with E-state index in [4.69, 9.17) is 14.5 Å². The van der Waals surface area contributed by atoms with Gasteiger partial charge in [-0.3, -0.25) is 4.48 Å². The molecule has 0 bridgehead atoms. The van der Waals surface area contributed by atoms with Gasteiger partial charge < -0.3 is 18.6 Å². The van der Waals surface area contributed by atoms with E-state index >= 15 is 0 Å². The van der Waals surface area contributed by atoms with E-state index in [1.165, 1.54) is 12.1 Å². The summed E-state index contributed by atoms with van der Waals surface area (Å²) >= 11 is 0. The van der Waals surface area contributed by atoms with Crippen molar-refractivity contribution in [1.82, 2.24) is 23.6 Å². The zero-order valence-corrected chi connectivity index (χ0v) is 21.1. The Balaban J connectivity index is 1.58. The minimum Gasteiger partial charge on any atom is -0.494 e. The number of aromatic nitrogens is 4. The van der Waals surface area contributed by atoms with Gasteiger partial charge in [-0.1, -0.05) is 6.07 Å². The van der Waals surface area contributed by atoms with Crippen LogP contribution in [0.25, 0.3) is 28.1 Å². The lowest BCUT2D eigenvalue weighted by atomic mass is 10.1. The topological polar surface area (TPSA) is 54.1 Å². The lowest BCUT2D eigenvalue weighted by molar-refractivity contribution is 0.182. The third kappa shape index (κ3) is 4.04. The first-order valence-corrected chi connectivity index (χ1v) is 11.6. The molecule has 0 aliphatic carbocycles. The average molecular weight is 487 g/mol. The highest BCUT2D eigenvalue weighted by atomic mass is 19.1. The fourth-order valence-electron chi connectivity index (χ4n) is 4.59. The van der Waals surface area contributed by atoms with Crippen molar-refractivity contribution in [1.29, 1.82) is 0 Å². The number of aryl methyl sites for hydroxylation is 1. The van der Waals surface area contributed by atoms with E-state index < -0.39 is 0 Å². The summed E-state index contributed by atoms with van der Waals surface area (Å²) in [6.07, 6.45) is 3.70. The highest BCUT2D eigenvalue weighted by Crippen LogP contribution is 2.40. The number of benzene rings is 3. The summed E-state index contributed by atoms with van der Waals surface area (Å²) in [5, 5.41) is 0. The van der Waals surface area contributed by atoms with Gasteiger partial charge in [0.25, 0.3) is 0 Å². The predicted molar refractivity (Wildman–Crippen MR) is 140 cm³/mol. The molecule has 5 aromatic rings. The molecule has 8 heteroatoms. The van der Waals surface area contributed by atoms with Crippen molar-refractivity contribution in [3.63, 3.8) is 0 Å². The smallest absolute Gasteiger partial charge is 0.165 e. The summed E-state index contributed by atoms with van der Waals surface area (Å²) < 4.78 is 28.9. The normalized spacial score (nSPS) is 11.8. The molecule has 2 heterocycles. The molecule has 5 rings (SSSR count). The summed E-state index contributed by atoms with van der Waals surface area (Å²) in [5.74, 6) is 1.26. The molecule has 0 radical (unpaired) electrons. The van der Waals surface area contributed by atoms with Crippen LogP contribution in [0.3, 0.4) is 0 Å². The number of fused-ring (bicyclic) bond motifs is 1. The standard InChI is InChI=1S/C28H29FN5O2/c1-32-24-7-6-8-25(27(24)31-28(32)19-9-11-20(29)12-10-19)34(2,3)22-13-14-23(26(15-22)36-5)33-16-21(17-35-4)30-18-33/h6-16,18H,17H2,1-5H3/q+1. The van der Waals surface area contributed by atoms with Crippen LogP contribution in [0.4, 0.5) is 15.8 Å². The number of quaternary nitrogens is 1. The van der Waals surface area contributed by atoms with Crippen molar-refractivity contribution < 1.29 is 13.9 Å². The van der Waals surface area contributed by atoms with E-state index in [0.717, 1.165) is 50.9 Å². The Kier molecular flexibility index (Phi) is 6.07. The fourth-order valence-corrected chi connectivity index (χ4v) is 4.59. The number of ether oxygens (including phenoxy) is 2. The number of methoxy groups -OCH3 is 2. The van der Waals surface area contributed by atoms with Crippen LogP contribution in [0.1, 0.15) is 5.69 Å². The Bertz CT molecular complexity index is 1540. The van der Waals surface area contributed by atoms with E-state index in [1.807, 2.05) is 40.6 Å². The second-order valence-electron chi connectivity index (χ2n) is 9.16. The highest BCUT2D eigenvalue weighted by Gasteiger charge is 2.29. The van der Waals surface area contributed by atoms with Crippen LogP contribution < -0.4 is 9.22 Å². The van der Waals surface area contributed by atoms with Gasteiger partial charge in [0.2, 0.25) is 0 Å². The number of rotatable bonds is 7. The molecule has 184 valence electrons. The minimum atomic E-state index is -0.265. The molecule has 0 amide bonds. The molecule has 0 saturated carbocycles. The van der Waals surface area contributed by atoms with Crippen molar-refractivity contribution >= 4 is 22.4 Å². The SMILES string of the molecule is COCc1cn(-c2ccc([N+](C)(C)c3cccc4c3nc(-c3ccc(F)cc3)n4C)cc2OC)cn1. The second-order valence-corrected chi connectivity index (χ2v) is 9.16. The summed E-state index contributed by atoms with van der Waals surface area (Å²) in [6.45, 7) is 0.450. The number of imidazole rings is 2. The third-order valence-electron chi connectivity index (χ3n) is 6.61. The first kappa shape index (κ1) is 23.7. The van der Waals surface area contributed by atoms with E-state index in [9.17, 15) is 4.39 Å². The minimum absolute atomic E-state index is 0.265. The van der Waals surface area contributed by atoms with Gasteiger partial charge in [-0.15, -0.1) is 0 Å². The Morgan fingerprint density at radius 3 is 2.50 bits per heavy atom. The molecular formula is C28H29FN5O2+. The van der Waals surface area contributed by atoms with Crippen molar-refractivity contribution in [2.75, 3.05) is 28.3 Å². The van der Waals surface area contributed by atoms with Gasteiger partial charge in [0.1, 0.15) is 23.1 Å². The molecule has 0 spiro atoms. The molecule has 7 nitrogen and oxygen atoms in total. The van der Waals surface area contributed by atoms with Crippen LogP contribution in [-0.4, -0.2) is 47.4 Å². The molecule has 3 aromatic carbocycles. The molecular weight excluding hydrogens is 457 g/mol. The van der Waals surface area contributed by atoms with Gasteiger partial charge in [-0.2, -0.15) is 0 Å². The Morgan fingerprint density at radius 1 is 1.00 bits per heavy atom. The van der Waals surface area contributed by atoms with Gasteiger partial charge in [-0.25, -0.2) is 14.4 Å². The van der Waals surface area contributed by atoms with Crippen LogP contribution in [0, 0.1) is 5.82 Å². The molecule has 0 aliphatic heterocycles. The van der Waals surface area contributed by atoms with Gasteiger partial charge >= 0.3 is 0 Å².